The van der Waals surface area contributed by atoms with Crippen molar-refractivity contribution in [2.75, 3.05) is 23.7 Å². The third-order valence-corrected chi connectivity index (χ3v) is 5.20. The van der Waals surface area contributed by atoms with Crippen molar-refractivity contribution in [3.05, 3.63) is 24.3 Å². The predicted molar refractivity (Wildman–Crippen MR) is 99.7 cm³/mol. The van der Waals surface area contributed by atoms with Crippen molar-refractivity contribution in [1.82, 2.24) is 10.2 Å². The van der Waals surface area contributed by atoms with Crippen LogP contribution in [-0.2, 0) is 14.4 Å². The van der Waals surface area contributed by atoms with Gasteiger partial charge in [-0.2, -0.15) is 0 Å². The lowest BCUT2D eigenvalue weighted by atomic mass is 9.84. The normalized spacial score (nSPS) is 19.4. The van der Waals surface area contributed by atoms with Crippen molar-refractivity contribution >= 4 is 29.1 Å². The lowest BCUT2D eigenvalue weighted by molar-refractivity contribution is -0.139. The molecule has 0 aromatic heterocycles. The van der Waals surface area contributed by atoms with Crippen LogP contribution in [0.25, 0.3) is 0 Å². The summed E-state index contributed by atoms with van der Waals surface area (Å²) in [6, 6.07) is 7.09. The summed E-state index contributed by atoms with van der Waals surface area (Å²) in [6.07, 6.45) is 1.06. The smallest absolute Gasteiger partial charge is 0.250 e. The lowest BCUT2D eigenvalue weighted by Crippen LogP contribution is -2.61. The standard InChI is InChI=1S/C19H26N4O3/c1-12(2)16(20-13(3)24)17(25)23-10-8-19(9-11-23)18(26)21-14-6-4-5-7-15(14)22-19/h4-7,12,16,22H,8-11H2,1-3H3,(H,20,24)(H,21,26). The van der Waals surface area contributed by atoms with Crippen LogP contribution in [0.4, 0.5) is 11.4 Å². The summed E-state index contributed by atoms with van der Waals surface area (Å²) in [5, 5.41) is 9.10. The predicted octanol–water partition coefficient (Wildman–Crippen LogP) is 1.57. The minimum atomic E-state index is -0.688. The number of nitrogens with zero attached hydrogens (tertiary/aromatic N) is 1. The van der Waals surface area contributed by atoms with Gasteiger partial charge in [0.05, 0.1) is 11.4 Å². The Labute approximate surface area is 153 Å². The highest BCUT2D eigenvalue weighted by Gasteiger charge is 2.45. The average molecular weight is 358 g/mol. The summed E-state index contributed by atoms with van der Waals surface area (Å²) in [4.78, 5) is 38.6. The first-order valence-electron chi connectivity index (χ1n) is 9.07. The van der Waals surface area contributed by atoms with E-state index >= 15 is 0 Å². The van der Waals surface area contributed by atoms with Crippen LogP contribution in [0.5, 0.6) is 0 Å². The van der Waals surface area contributed by atoms with Crippen LogP contribution in [0.2, 0.25) is 0 Å². The summed E-state index contributed by atoms with van der Waals surface area (Å²) < 4.78 is 0. The Morgan fingerprint density at radius 1 is 1.15 bits per heavy atom. The van der Waals surface area contributed by atoms with Gasteiger partial charge < -0.3 is 20.9 Å². The number of carbonyl (C=O) groups is 3. The number of nitrogens with one attached hydrogen (secondary N) is 3. The SMILES string of the molecule is CC(=O)NC(C(=O)N1CCC2(CC1)Nc1ccccc1NC2=O)C(C)C. The Hall–Kier alpha value is -2.57. The number of fused-ring (bicyclic) bond motifs is 1. The molecule has 3 amide bonds. The zero-order valence-electron chi connectivity index (χ0n) is 15.5. The first kappa shape index (κ1) is 18.2. The number of likely N-dealkylation sites (tertiary alicyclic amines) is 1. The zero-order chi connectivity index (χ0) is 18.9. The minimum absolute atomic E-state index is 0.00488. The van der Waals surface area contributed by atoms with Crippen molar-refractivity contribution in [2.45, 2.75) is 45.2 Å². The fourth-order valence-corrected chi connectivity index (χ4v) is 3.65. The molecule has 1 atom stereocenters. The molecule has 7 nitrogen and oxygen atoms in total. The Morgan fingerprint density at radius 2 is 1.77 bits per heavy atom. The van der Waals surface area contributed by atoms with E-state index in [4.69, 9.17) is 0 Å². The fourth-order valence-electron chi connectivity index (χ4n) is 3.65. The second-order valence-electron chi connectivity index (χ2n) is 7.45. The van der Waals surface area contributed by atoms with Gasteiger partial charge in [-0.15, -0.1) is 0 Å². The molecule has 3 N–H and O–H groups in total. The third-order valence-electron chi connectivity index (χ3n) is 5.20. The van der Waals surface area contributed by atoms with Gasteiger partial charge in [-0.05, 0) is 30.9 Å². The molecule has 1 spiro atoms. The molecule has 1 fully saturated rings. The highest BCUT2D eigenvalue weighted by Crippen LogP contribution is 2.36. The van der Waals surface area contributed by atoms with Crippen LogP contribution in [0.3, 0.4) is 0 Å². The van der Waals surface area contributed by atoms with Gasteiger partial charge in [0.25, 0.3) is 0 Å². The zero-order valence-corrected chi connectivity index (χ0v) is 15.5. The summed E-state index contributed by atoms with van der Waals surface area (Å²) in [5.41, 5.74) is 1.00. The molecule has 26 heavy (non-hydrogen) atoms. The van der Waals surface area contributed by atoms with E-state index in [1.54, 1.807) is 4.90 Å². The van der Waals surface area contributed by atoms with E-state index in [0.29, 0.717) is 25.9 Å². The molecule has 140 valence electrons. The first-order chi connectivity index (χ1) is 12.3. The molecule has 1 unspecified atom stereocenters. The summed E-state index contributed by atoms with van der Waals surface area (Å²) in [6.45, 7) is 6.20. The van der Waals surface area contributed by atoms with E-state index < -0.39 is 11.6 Å². The molecule has 3 rings (SSSR count). The van der Waals surface area contributed by atoms with Crippen molar-refractivity contribution in [3.8, 4) is 0 Å². The maximum atomic E-state index is 12.8. The molecule has 1 saturated heterocycles. The van der Waals surface area contributed by atoms with Gasteiger partial charge in [-0.1, -0.05) is 26.0 Å². The van der Waals surface area contributed by atoms with Gasteiger partial charge >= 0.3 is 0 Å². The second kappa shape index (κ2) is 6.97. The highest BCUT2D eigenvalue weighted by atomic mass is 16.2. The molecule has 2 aliphatic rings. The summed E-state index contributed by atoms with van der Waals surface area (Å²) in [7, 11) is 0. The topological polar surface area (TPSA) is 90.5 Å². The van der Waals surface area contributed by atoms with Crippen molar-refractivity contribution < 1.29 is 14.4 Å². The molecule has 2 heterocycles. The van der Waals surface area contributed by atoms with E-state index in [1.807, 2.05) is 38.1 Å². The minimum Gasteiger partial charge on any atom is -0.369 e. The van der Waals surface area contributed by atoms with Crippen LogP contribution in [0, 0.1) is 5.92 Å². The number of carbonyl (C=O) groups excluding carboxylic acids is 3. The van der Waals surface area contributed by atoms with Crippen molar-refractivity contribution in [3.63, 3.8) is 0 Å². The molecule has 0 bridgehead atoms. The first-order valence-corrected chi connectivity index (χ1v) is 9.07. The molecule has 7 heteroatoms. The van der Waals surface area contributed by atoms with Crippen LogP contribution >= 0.6 is 0 Å². The van der Waals surface area contributed by atoms with E-state index in [-0.39, 0.29) is 23.6 Å². The molecule has 0 aliphatic carbocycles. The second-order valence-corrected chi connectivity index (χ2v) is 7.45. The number of anilines is 2. The average Bonchev–Trinajstić information content (AvgIpc) is 2.60. The van der Waals surface area contributed by atoms with E-state index in [9.17, 15) is 14.4 Å². The molecular weight excluding hydrogens is 332 g/mol. The maximum absolute atomic E-state index is 12.8. The Morgan fingerprint density at radius 3 is 2.35 bits per heavy atom. The number of hydrogen-bond acceptors (Lipinski definition) is 4. The quantitative estimate of drug-likeness (QED) is 0.765. The van der Waals surface area contributed by atoms with E-state index in [0.717, 1.165) is 11.4 Å². The molecule has 2 aliphatic heterocycles. The summed E-state index contributed by atoms with van der Waals surface area (Å²) in [5.74, 6) is -0.340. The molecule has 1 aromatic rings. The van der Waals surface area contributed by atoms with Gasteiger partial charge in [-0.25, -0.2) is 0 Å². The molecule has 0 saturated carbocycles. The maximum Gasteiger partial charge on any atom is 0.250 e. The van der Waals surface area contributed by atoms with Crippen molar-refractivity contribution in [1.29, 1.82) is 0 Å². The van der Waals surface area contributed by atoms with Crippen LogP contribution in [0.1, 0.15) is 33.6 Å². The highest BCUT2D eigenvalue weighted by molar-refractivity contribution is 6.06. The molecule has 1 aromatic carbocycles. The van der Waals surface area contributed by atoms with Crippen LogP contribution in [0.15, 0.2) is 24.3 Å². The van der Waals surface area contributed by atoms with Crippen LogP contribution < -0.4 is 16.0 Å². The Balaban J connectivity index is 1.70. The Kier molecular flexibility index (Phi) is 4.89. The number of rotatable bonds is 3. The number of piperidine rings is 1. The molecular formula is C19H26N4O3. The fraction of sp³-hybridized carbons (Fsp3) is 0.526. The molecule has 0 radical (unpaired) electrons. The Bertz CT molecular complexity index is 723. The van der Waals surface area contributed by atoms with E-state index in [1.165, 1.54) is 6.92 Å². The lowest BCUT2D eigenvalue weighted by Gasteiger charge is -2.45. The van der Waals surface area contributed by atoms with Gasteiger partial charge in [0.15, 0.2) is 0 Å². The van der Waals surface area contributed by atoms with Gasteiger partial charge in [0.1, 0.15) is 11.6 Å². The number of hydrogen-bond donors (Lipinski definition) is 3. The number of para-hydroxylation sites is 2. The van der Waals surface area contributed by atoms with E-state index in [2.05, 4.69) is 16.0 Å². The van der Waals surface area contributed by atoms with Gasteiger partial charge in [0, 0.05) is 20.0 Å². The third kappa shape index (κ3) is 3.38. The summed E-state index contributed by atoms with van der Waals surface area (Å²) >= 11 is 0. The number of benzene rings is 1. The van der Waals surface area contributed by atoms with Gasteiger partial charge in [0.2, 0.25) is 17.7 Å². The largest absolute Gasteiger partial charge is 0.369 e. The van der Waals surface area contributed by atoms with Crippen LogP contribution in [-0.4, -0.2) is 47.3 Å². The van der Waals surface area contributed by atoms with Gasteiger partial charge in [-0.3, -0.25) is 14.4 Å². The number of amides is 3. The monoisotopic (exact) mass is 358 g/mol. The van der Waals surface area contributed by atoms with Crippen molar-refractivity contribution in [2.24, 2.45) is 5.92 Å².